The SMILES string of the molecule is Cc1nc(-c2cccc(C(=O)N3CCN(c4nc(Cc5ccccc5[N+](=O)[O-])ns4)CC3C)c2)cs1. The fourth-order valence-electron chi connectivity index (χ4n) is 4.36. The number of nitrogens with zero attached hydrogens (tertiary/aromatic N) is 6. The Morgan fingerprint density at radius 3 is 2.75 bits per heavy atom. The Bertz CT molecular complexity index is 1420. The Morgan fingerprint density at radius 2 is 2.00 bits per heavy atom. The third-order valence-corrected chi connectivity index (χ3v) is 7.77. The summed E-state index contributed by atoms with van der Waals surface area (Å²) in [6, 6.07) is 14.3. The summed E-state index contributed by atoms with van der Waals surface area (Å²) in [7, 11) is 0. The van der Waals surface area contributed by atoms with Crippen LogP contribution in [0.2, 0.25) is 0 Å². The molecule has 11 heteroatoms. The smallest absolute Gasteiger partial charge is 0.273 e. The molecule has 4 aromatic rings. The van der Waals surface area contributed by atoms with Crippen LogP contribution in [0, 0.1) is 17.0 Å². The highest BCUT2D eigenvalue weighted by Crippen LogP contribution is 2.27. The van der Waals surface area contributed by atoms with Crippen LogP contribution in [0.3, 0.4) is 0 Å². The number of aryl methyl sites for hydroxylation is 1. The molecule has 2 aromatic carbocycles. The molecule has 0 spiro atoms. The number of aromatic nitrogens is 3. The van der Waals surface area contributed by atoms with Crippen molar-refractivity contribution in [2.24, 2.45) is 0 Å². The first-order valence-electron chi connectivity index (χ1n) is 11.5. The van der Waals surface area contributed by atoms with E-state index < -0.39 is 0 Å². The normalized spacial score (nSPS) is 15.8. The predicted octanol–water partition coefficient (Wildman–Crippen LogP) is 4.82. The fraction of sp³-hybridized carbons (Fsp3) is 0.280. The molecule has 1 aliphatic rings. The average molecular weight is 521 g/mol. The minimum absolute atomic E-state index is 0.00490. The quantitative estimate of drug-likeness (QED) is 0.265. The van der Waals surface area contributed by atoms with Gasteiger partial charge in [0, 0.05) is 71.8 Å². The molecule has 1 saturated heterocycles. The van der Waals surface area contributed by atoms with Crippen molar-refractivity contribution in [3.05, 3.63) is 86.0 Å². The van der Waals surface area contributed by atoms with Crippen LogP contribution in [0.15, 0.2) is 53.9 Å². The Balaban J connectivity index is 1.25. The summed E-state index contributed by atoms with van der Waals surface area (Å²) < 4.78 is 4.43. The third-order valence-electron chi connectivity index (χ3n) is 6.18. The second-order valence-corrected chi connectivity index (χ2v) is 10.5. The van der Waals surface area contributed by atoms with Crippen molar-refractivity contribution in [2.45, 2.75) is 26.3 Å². The highest BCUT2D eigenvalue weighted by atomic mass is 32.1. The van der Waals surface area contributed by atoms with Crippen LogP contribution in [-0.2, 0) is 6.42 Å². The van der Waals surface area contributed by atoms with Crippen molar-refractivity contribution in [2.75, 3.05) is 24.5 Å². The molecule has 9 nitrogen and oxygen atoms in total. The molecule has 0 bridgehead atoms. The van der Waals surface area contributed by atoms with E-state index in [4.69, 9.17) is 0 Å². The van der Waals surface area contributed by atoms with Crippen LogP contribution >= 0.6 is 22.9 Å². The summed E-state index contributed by atoms with van der Waals surface area (Å²) in [5.41, 5.74) is 3.14. The van der Waals surface area contributed by atoms with Crippen molar-refractivity contribution in [3.63, 3.8) is 0 Å². The Labute approximate surface area is 216 Å². The van der Waals surface area contributed by atoms with Gasteiger partial charge in [0.2, 0.25) is 5.13 Å². The topological polar surface area (TPSA) is 105 Å². The number of nitro groups is 1. The number of anilines is 1. The van der Waals surface area contributed by atoms with Gasteiger partial charge in [-0.3, -0.25) is 14.9 Å². The molecule has 3 heterocycles. The summed E-state index contributed by atoms with van der Waals surface area (Å²) in [4.78, 5) is 37.5. The summed E-state index contributed by atoms with van der Waals surface area (Å²) in [5, 5.41) is 15.1. The molecule has 1 fully saturated rings. The largest absolute Gasteiger partial charge is 0.343 e. The zero-order chi connectivity index (χ0) is 25.2. The van der Waals surface area contributed by atoms with Crippen LogP contribution < -0.4 is 4.90 Å². The molecule has 36 heavy (non-hydrogen) atoms. The lowest BCUT2D eigenvalue weighted by Crippen LogP contribution is -2.54. The Hall–Kier alpha value is -3.70. The number of carbonyl (C=O) groups excluding carboxylic acids is 1. The number of benzene rings is 2. The van der Waals surface area contributed by atoms with Crippen molar-refractivity contribution < 1.29 is 9.72 Å². The number of nitro benzene ring substituents is 1. The predicted molar refractivity (Wildman–Crippen MR) is 141 cm³/mol. The van der Waals surface area contributed by atoms with Crippen LogP contribution in [0.25, 0.3) is 11.3 Å². The van der Waals surface area contributed by atoms with Crippen molar-refractivity contribution in [3.8, 4) is 11.3 Å². The number of hydrogen-bond donors (Lipinski definition) is 0. The molecule has 1 aliphatic heterocycles. The minimum atomic E-state index is -0.381. The monoisotopic (exact) mass is 520 g/mol. The molecule has 184 valence electrons. The lowest BCUT2D eigenvalue weighted by Gasteiger charge is -2.39. The average Bonchev–Trinajstić information content (AvgIpc) is 3.53. The van der Waals surface area contributed by atoms with E-state index in [1.54, 1.807) is 29.5 Å². The van der Waals surface area contributed by atoms with E-state index in [0.717, 1.165) is 21.4 Å². The molecule has 1 unspecified atom stereocenters. The molecule has 0 saturated carbocycles. The molecule has 0 aliphatic carbocycles. The number of hydrogen-bond acceptors (Lipinski definition) is 9. The maximum absolute atomic E-state index is 13.3. The van der Waals surface area contributed by atoms with Crippen LogP contribution in [0.5, 0.6) is 0 Å². The van der Waals surface area contributed by atoms with Crippen LogP contribution in [-0.4, -0.2) is 55.7 Å². The first-order valence-corrected chi connectivity index (χ1v) is 13.2. The van der Waals surface area contributed by atoms with Gasteiger partial charge in [-0.2, -0.15) is 4.37 Å². The second kappa shape index (κ2) is 10.1. The van der Waals surface area contributed by atoms with Gasteiger partial charge in [0.1, 0.15) is 5.82 Å². The molecule has 2 aromatic heterocycles. The van der Waals surface area contributed by atoms with E-state index in [9.17, 15) is 14.9 Å². The molecular weight excluding hydrogens is 496 g/mol. The van der Waals surface area contributed by atoms with Gasteiger partial charge in [0.25, 0.3) is 11.6 Å². The summed E-state index contributed by atoms with van der Waals surface area (Å²) in [5.74, 6) is 0.565. The Morgan fingerprint density at radius 1 is 1.17 bits per heavy atom. The van der Waals surface area contributed by atoms with Crippen LogP contribution in [0.4, 0.5) is 10.8 Å². The van der Waals surface area contributed by atoms with E-state index in [0.29, 0.717) is 43.0 Å². The maximum atomic E-state index is 13.3. The zero-order valence-electron chi connectivity index (χ0n) is 19.8. The maximum Gasteiger partial charge on any atom is 0.273 e. The lowest BCUT2D eigenvalue weighted by molar-refractivity contribution is -0.385. The van der Waals surface area contributed by atoms with E-state index in [-0.39, 0.29) is 22.6 Å². The molecular formula is C25H24N6O3S2. The molecule has 1 atom stereocenters. The second-order valence-electron chi connectivity index (χ2n) is 8.68. The van der Waals surface area contributed by atoms with E-state index >= 15 is 0 Å². The van der Waals surface area contributed by atoms with Gasteiger partial charge in [0.05, 0.1) is 15.6 Å². The minimum Gasteiger partial charge on any atom is -0.343 e. The van der Waals surface area contributed by atoms with Crippen molar-refractivity contribution >= 4 is 39.6 Å². The fourth-order valence-corrected chi connectivity index (χ4v) is 5.70. The van der Waals surface area contributed by atoms with Gasteiger partial charge in [0.15, 0.2) is 0 Å². The summed E-state index contributed by atoms with van der Waals surface area (Å²) in [6.45, 7) is 5.85. The number of thiazole rings is 1. The molecule has 1 amide bonds. The molecule has 0 N–H and O–H groups in total. The van der Waals surface area contributed by atoms with Gasteiger partial charge < -0.3 is 9.80 Å². The van der Waals surface area contributed by atoms with Gasteiger partial charge in [-0.25, -0.2) is 9.97 Å². The van der Waals surface area contributed by atoms with Crippen molar-refractivity contribution in [1.29, 1.82) is 0 Å². The highest BCUT2D eigenvalue weighted by Gasteiger charge is 2.30. The third kappa shape index (κ3) is 4.98. The van der Waals surface area contributed by atoms with Gasteiger partial charge in [-0.1, -0.05) is 30.3 Å². The highest BCUT2D eigenvalue weighted by molar-refractivity contribution is 7.10. The lowest BCUT2D eigenvalue weighted by atomic mass is 10.1. The number of carbonyl (C=O) groups is 1. The number of para-hydroxylation sites is 1. The molecule has 5 rings (SSSR count). The van der Waals surface area contributed by atoms with E-state index in [1.807, 2.05) is 48.4 Å². The van der Waals surface area contributed by atoms with Gasteiger partial charge in [-0.15, -0.1) is 11.3 Å². The van der Waals surface area contributed by atoms with Crippen LogP contribution in [0.1, 0.15) is 33.7 Å². The zero-order valence-corrected chi connectivity index (χ0v) is 21.5. The number of rotatable bonds is 6. The Kier molecular flexibility index (Phi) is 6.75. The van der Waals surface area contributed by atoms with E-state index in [1.165, 1.54) is 17.6 Å². The summed E-state index contributed by atoms with van der Waals surface area (Å²) >= 11 is 2.88. The van der Waals surface area contributed by atoms with Gasteiger partial charge >= 0.3 is 0 Å². The van der Waals surface area contributed by atoms with E-state index in [2.05, 4.69) is 19.2 Å². The first-order chi connectivity index (χ1) is 17.4. The summed E-state index contributed by atoms with van der Waals surface area (Å²) in [6.07, 6.45) is 0.302. The number of piperazine rings is 1. The standard InChI is InChI=1S/C25H24N6O3S2/c1-16-14-29(25-27-23(28-36-25)13-19-6-3-4-9-22(19)31(33)34)10-11-30(16)24(32)20-8-5-7-18(12-20)21-15-35-17(2)26-21/h3-9,12,15-16H,10-11,13-14H2,1-2H3. The first kappa shape index (κ1) is 24.0. The number of amides is 1. The van der Waals surface area contributed by atoms with Crippen molar-refractivity contribution in [1.82, 2.24) is 19.2 Å². The van der Waals surface area contributed by atoms with Gasteiger partial charge in [-0.05, 0) is 26.0 Å². The molecule has 0 radical (unpaired) electrons.